The Balaban J connectivity index is 1.40. The van der Waals surface area contributed by atoms with Gasteiger partial charge in [-0.1, -0.05) is 64.2 Å². The maximum atomic E-state index is 12.6. The normalized spacial score (nSPS) is 11.6. The maximum absolute atomic E-state index is 12.6. The number of benzene rings is 2. The lowest BCUT2D eigenvalue weighted by atomic mass is 10.0. The van der Waals surface area contributed by atoms with Gasteiger partial charge in [0.15, 0.2) is 0 Å². The van der Waals surface area contributed by atoms with Gasteiger partial charge in [-0.15, -0.1) is 6.58 Å². The Morgan fingerprint density at radius 2 is 1.62 bits per heavy atom. The molecule has 5 heteroatoms. The molecule has 3 rings (SSSR count). The molecular weight excluding hydrogens is 484 g/mol. The molecule has 0 bridgehead atoms. The van der Waals surface area contributed by atoms with Gasteiger partial charge in [-0.25, -0.2) is 14.8 Å². The molecule has 0 spiro atoms. The molecule has 0 N–H and O–H groups in total. The monoisotopic (exact) mass is 528 g/mol. The van der Waals surface area contributed by atoms with Crippen LogP contribution in [0.1, 0.15) is 94.0 Å². The zero-order valence-corrected chi connectivity index (χ0v) is 23.7. The molecule has 208 valence electrons. The number of hydrogen-bond acceptors (Lipinski definition) is 5. The topological polar surface area (TPSA) is 61.3 Å². The van der Waals surface area contributed by atoms with Crippen molar-refractivity contribution in [1.82, 2.24) is 9.97 Å². The van der Waals surface area contributed by atoms with Crippen LogP contribution in [-0.4, -0.2) is 22.5 Å². The zero-order valence-electron chi connectivity index (χ0n) is 23.7. The third-order valence-corrected chi connectivity index (χ3v) is 7.10. The van der Waals surface area contributed by atoms with Crippen LogP contribution in [0, 0.1) is 5.92 Å². The number of rotatable bonds is 18. The van der Waals surface area contributed by atoms with Crippen molar-refractivity contribution in [1.29, 1.82) is 0 Å². The highest BCUT2D eigenvalue weighted by Crippen LogP contribution is 2.22. The first-order valence-corrected chi connectivity index (χ1v) is 14.6. The number of aromatic nitrogens is 2. The molecule has 0 aliphatic carbocycles. The summed E-state index contributed by atoms with van der Waals surface area (Å²) in [4.78, 5) is 21.3. The van der Waals surface area contributed by atoms with E-state index in [1.165, 1.54) is 63.1 Å². The number of hydrogen-bond donors (Lipinski definition) is 0. The Morgan fingerprint density at radius 1 is 0.897 bits per heavy atom. The van der Waals surface area contributed by atoms with Crippen LogP contribution in [0.3, 0.4) is 0 Å². The Bertz CT molecular complexity index is 1110. The predicted octanol–water partition coefficient (Wildman–Crippen LogP) is 9.03. The summed E-state index contributed by atoms with van der Waals surface area (Å²) in [6, 6.07) is 15.5. The van der Waals surface area contributed by atoms with Gasteiger partial charge < -0.3 is 9.47 Å². The molecule has 0 saturated heterocycles. The van der Waals surface area contributed by atoms with Crippen LogP contribution in [0.15, 0.2) is 73.6 Å². The average molecular weight is 529 g/mol. The van der Waals surface area contributed by atoms with Crippen LogP contribution in [-0.2, 0) is 6.42 Å². The molecule has 5 nitrogen and oxygen atoms in total. The van der Waals surface area contributed by atoms with E-state index in [4.69, 9.17) is 9.47 Å². The molecule has 1 atom stereocenters. The minimum atomic E-state index is -0.432. The Labute approximate surface area is 234 Å². The van der Waals surface area contributed by atoms with Crippen molar-refractivity contribution in [2.24, 2.45) is 5.92 Å². The molecule has 0 aliphatic heterocycles. The summed E-state index contributed by atoms with van der Waals surface area (Å²) in [5.41, 5.74) is 3.38. The molecule has 0 radical (unpaired) electrons. The van der Waals surface area contributed by atoms with E-state index < -0.39 is 5.97 Å². The summed E-state index contributed by atoms with van der Waals surface area (Å²) in [6.07, 6.45) is 18.2. The first-order valence-electron chi connectivity index (χ1n) is 14.6. The van der Waals surface area contributed by atoms with Gasteiger partial charge in [0.2, 0.25) is 5.88 Å². The molecule has 1 unspecified atom stereocenters. The smallest absolute Gasteiger partial charge is 0.344 e. The van der Waals surface area contributed by atoms with Gasteiger partial charge >= 0.3 is 5.97 Å². The van der Waals surface area contributed by atoms with Crippen LogP contribution in [0.5, 0.6) is 11.6 Å². The van der Waals surface area contributed by atoms with Gasteiger partial charge in [-0.05, 0) is 86.4 Å². The van der Waals surface area contributed by atoms with Gasteiger partial charge in [-0.3, -0.25) is 0 Å². The molecule has 3 aromatic rings. The van der Waals surface area contributed by atoms with Crippen molar-refractivity contribution in [2.75, 3.05) is 6.61 Å². The van der Waals surface area contributed by atoms with E-state index in [0.29, 0.717) is 11.3 Å². The summed E-state index contributed by atoms with van der Waals surface area (Å²) in [5.74, 6) is 1.34. The number of carbonyl (C=O) groups is 1. The minimum Gasteiger partial charge on any atom is -0.494 e. The molecule has 0 aliphatic rings. The highest BCUT2D eigenvalue weighted by molar-refractivity contribution is 5.90. The number of unbranched alkanes of at least 4 members (excludes halogenated alkanes) is 6. The number of nitrogens with zero attached hydrogens (tertiary/aromatic N) is 2. The number of allylic oxidation sites excluding steroid dienone is 1. The molecule has 2 aromatic carbocycles. The first kappa shape index (κ1) is 30.1. The summed E-state index contributed by atoms with van der Waals surface area (Å²) in [7, 11) is 0. The van der Waals surface area contributed by atoms with E-state index in [9.17, 15) is 4.79 Å². The second kappa shape index (κ2) is 17.2. The summed E-state index contributed by atoms with van der Waals surface area (Å²) in [5, 5.41) is 0. The van der Waals surface area contributed by atoms with Crippen molar-refractivity contribution < 1.29 is 14.3 Å². The lowest BCUT2D eigenvalue weighted by molar-refractivity contribution is 0.0727. The summed E-state index contributed by atoms with van der Waals surface area (Å²) in [6.45, 7) is 8.99. The lowest BCUT2D eigenvalue weighted by Crippen LogP contribution is -2.09. The number of aryl methyl sites for hydroxylation is 1. The maximum Gasteiger partial charge on any atom is 0.344 e. The fourth-order valence-electron chi connectivity index (χ4n) is 4.35. The largest absolute Gasteiger partial charge is 0.494 e. The second-order valence-corrected chi connectivity index (χ2v) is 10.3. The molecular formula is C34H44N2O3. The van der Waals surface area contributed by atoms with Crippen LogP contribution < -0.4 is 9.47 Å². The molecule has 0 fully saturated rings. The highest BCUT2D eigenvalue weighted by atomic mass is 16.5. The van der Waals surface area contributed by atoms with E-state index in [1.54, 1.807) is 6.20 Å². The average Bonchev–Trinajstić information content (AvgIpc) is 2.97. The Kier molecular flexibility index (Phi) is 13.3. The van der Waals surface area contributed by atoms with E-state index in [0.717, 1.165) is 43.1 Å². The van der Waals surface area contributed by atoms with Crippen molar-refractivity contribution >= 4 is 5.97 Å². The lowest BCUT2D eigenvalue weighted by Gasteiger charge is -2.10. The highest BCUT2D eigenvalue weighted by Gasteiger charge is 2.11. The van der Waals surface area contributed by atoms with Gasteiger partial charge in [0.25, 0.3) is 0 Å². The predicted molar refractivity (Wildman–Crippen MR) is 159 cm³/mol. The first-order chi connectivity index (χ1) is 19.1. The van der Waals surface area contributed by atoms with Gasteiger partial charge in [0.05, 0.1) is 30.3 Å². The Hall–Kier alpha value is -3.47. The second-order valence-electron chi connectivity index (χ2n) is 10.3. The van der Waals surface area contributed by atoms with E-state index >= 15 is 0 Å². The fraction of sp³-hybridized carbons (Fsp3) is 0.441. The van der Waals surface area contributed by atoms with Crippen molar-refractivity contribution in [3.05, 3.63) is 84.7 Å². The quantitative estimate of drug-likeness (QED) is 0.0936. The van der Waals surface area contributed by atoms with Crippen molar-refractivity contribution in [3.8, 4) is 22.9 Å². The van der Waals surface area contributed by atoms with E-state index in [-0.39, 0.29) is 5.88 Å². The third-order valence-electron chi connectivity index (χ3n) is 7.10. The van der Waals surface area contributed by atoms with Crippen LogP contribution in [0.25, 0.3) is 11.3 Å². The van der Waals surface area contributed by atoms with Crippen LogP contribution in [0.4, 0.5) is 0 Å². The fourth-order valence-corrected chi connectivity index (χ4v) is 4.35. The van der Waals surface area contributed by atoms with Gasteiger partial charge in [0, 0.05) is 5.56 Å². The zero-order chi connectivity index (χ0) is 27.7. The van der Waals surface area contributed by atoms with Gasteiger partial charge in [0.1, 0.15) is 5.75 Å². The molecule has 1 heterocycles. The van der Waals surface area contributed by atoms with E-state index in [1.807, 2.05) is 54.6 Å². The number of ether oxygens (including phenoxy) is 2. The van der Waals surface area contributed by atoms with Crippen LogP contribution >= 0.6 is 0 Å². The molecule has 1 aromatic heterocycles. The third kappa shape index (κ3) is 11.0. The van der Waals surface area contributed by atoms with Crippen LogP contribution in [0.2, 0.25) is 0 Å². The molecule has 39 heavy (non-hydrogen) atoms. The molecule has 0 saturated carbocycles. The standard InChI is InChI=1S/C34H44N2O3/c1-4-6-7-8-9-10-11-12-15-28-16-18-30(19-17-28)34(37)39-33-26-35-32(25-36-33)29-20-22-31(23-21-29)38-24-13-14-27(3)5-2/h4,16-23,25-27H,1,5-15,24H2,2-3H3. The molecule has 0 amide bonds. The van der Waals surface area contributed by atoms with Gasteiger partial charge in [-0.2, -0.15) is 0 Å². The van der Waals surface area contributed by atoms with E-state index in [2.05, 4.69) is 30.4 Å². The summed E-state index contributed by atoms with van der Waals surface area (Å²) >= 11 is 0. The number of esters is 1. The number of carbonyl (C=O) groups excluding carboxylic acids is 1. The SMILES string of the molecule is C=CCCCCCCCCc1ccc(C(=O)Oc2cnc(-c3ccc(OCCCC(C)CC)cc3)cn2)cc1. The van der Waals surface area contributed by atoms with Crippen molar-refractivity contribution in [3.63, 3.8) is 0 Å². The van der Waals surface area contributed by atoms with Crippen molar-refractivity contribution in [2.45, 2.75) is 84.5 Å². The summed E-state index contributed by atoms with van der Waals surface area (Å²) < 4.78 is 11.3. The minimum absolute atomic E-state index is 0.183. The Morgan fingerprint density at radius 3 is 2.28 bits per heavy atom.